The Balaban J connectivity index is 1.44. The fraction of sp³-hybridized carbons (Fsp3) is 0.160. The molecule has 0 aliphatic heterocycles. The van der Waals surface area contributed by atoms with Crippen LogP contribution < -0.4 is 15.4 Å². The van der Waals surface area contributed by atoms with Gasteiger partial charge < -0.3 is 19.9 Å². The smallest absolute Gasteiger partial charge is 0.251 e. The molecule has 2 amide bonds. The summed E-state index contributed by atoms with van der Waals surface area (Å²) in [5, 5.41) is 10.4. The monoisotopic (exact) mass is 429 g/mol. The van der Waals surface area contributed by atoms with Crippen molar-refractivity contribution >= 4 is 22.7 Å². The van der Waals surface area contributed by atoms with Crippen molar-refractivity contribution in [3.63, 3.8) is 0 Å². The van der Waals surface area contributed by atoms with E-state index in [1.54, 1.807) is 32.2 Å². The highest BCUT2D eigenvalue weighted by Gasteiger charge is 2.19. The second kappa shape index (κ2) is 9.34. The van der Waals surface area contributed by atoms with Crippen molar-refractivity contribution in [2.45, 2.75) is 19.5 Å². The molecule has 0 saturated heterocycles. The lowest BCUT2D eigenvalue weighted by Gasteiger charge is -2.15. The first-order valence-corrected chi connectivity index (χ1v) is 10.2. The first-order chi connectivity index (χ1) is 15.6. The Kier molecular flexibility index (Phi) is 6.17. The molecule has 162 valence electrons. The van der Waals surface area contributed by atoms with Crippen LogP contribution in [-0.4, -0.2) is 30.1 Å². The van der Waals surface area contributed by atoms with Gasteiger partial charge in [-0.15, -0.1) is 0 Å². The Morgan fingerprint density at radius 3 is 2.56 bits per heavy atom. The minimum absolute atomic E-state index is 0.291. The molecule has 0 aliphatic rings. The first-order valence-electron chi connectivity index (χ1n) is 10.2. The summed E-state index contributed by atoms with van der Waals surface area (Å²) in [4.78, 5) is 25.3. The van der Waals surface area contributed by atoms with Gasteiger partial charge in [-0.1, -0.05) is 53.7 Å². The average Bonchev–Trinajstić information content (AvgIpc) is 3.26. The number of ether oxygens (including phenoxy) is 1. The summed E-state index contributed by atoms with van der Waals surface area (Å²) in [5.74, 6) is 0.644. The van der Waals surface area contributed by atoms with Crippen LogP contribution >= 0.6 is 0 Å². The molecule has 7 nitrogen and oxygen atoms in total. The van der Waals surface area contributed by atoms with E-state index in [0.29, 0.717) is 29.1 Å². The van der Waals surface area contributed by atoms with Crippen molar-refractivity contribution in [1.29, 1.82) is 0 Å². The molecule has 1 heterocycles. The van der Waals surface area contributed by atoms with E-state index < -0.39 is 6.04 Å². The van der Waals surface area contributed by atoms with Gasteiger partial charge >= 0.3 is 0 Å². The van der Waals surface area contributed by atoms with Gasteiger partial charge in [0.1, 0.15) is 17.3 Å². The van der Waals surface area contributed by atoms with E-state index in [0.717, 1.165) is 16.5 Å². The van der Waals surface area contributed by atoms with Crippen molar-refractivity contribution in [1.82, 2.24) is 15.8 Å². The number of carbonyl (C=O) groups is 2. The standard InChI is InChI=1S/C25H23N3O4/c1-16(24(29)26-15-19-10-6-7-11-22(19)31-2)27-25(30)18-12-13-21-20(14-18)23(32-28-21)17-8-4-3-5-9-17/h3-14,16H,15H2,1-2H3,(H,26,29)(H,27,30)/t16-/m0/s1. The van der Waals surface area contributed by atoms with Gasteiger partial charge in [0.2, 0.25) is 5.91 Å². The summed E-state index contributed by atoms with van der Waals surface area (Å²) < 4.78 is 10.8. The van der Waals surface area contributed by atoms with Crippen LogP contribution in [0.5, 0.6) is 5.75 Å². The predicted molar refractivity (Wildman–Crippen MR) is 121 cm³/mol. The second-order valence-electron chi connectivity index (χ2n) is 7.33. The normalized spacial score (nSPS) is 11.7. The Labute approximate surface area is 185 Å². The van der Waals surface area contributed by atoms with Gasteiger partial charge in [0.15, 0.2) is 5.76 Å². The average molecular weight is 429 g/mol. The number of nitrogens with zero attached hydrogens (tertiary/aromatic N) is 1. The molecular formula is C25H23N3O4. The molecule has 1 aromatic heterocycles. The lowest BCUT2D eigenvalue weighted by Crippen LogP contribution is -2.44. The molecule has 0 spiro atoms. The molecule has 0 saturated carbocycles. The van der Waals surface area contributed by atoms with E-state index >= 15 is 0 Å². The SMILES string of the molecule is COc1ccccc1CNC(=O)[C@H](C)NC(=O)c1ccc2noc(-c3ccccc3)c2c1. The number of aromatic nitrogens is 1. The Bertz CT molecular complexity index is 1250. The highest BCUT2D eigenvalue weighted by atomic mass is 16.5. The zero-order valence-corrected chi connectivity index (χ0v) is 17.8. The van der Waals surface area contributed by atoms with Crippen molar-refractivity contribution in [3.8, 4) is 17.1 Å². The largest absolute Gasteiger partial charge is 0.496 e. The summed E-state index contributed by atoms with van der Waals surface area (Å²) in [6, 6.07) is 21.4. The number of fused-ring (bicyclic) bond motifs is 1. The summed E-state index contributed by atoms with van der Waals surface area (Å²) in [5.41, 5.74) is 2.80. The molecule has 0 fully saturated rings. The van der Waals surface area contributed by atoms with Crippen molar-refractivity contribution in [2.75, 3.05) is 7.11 Å². The molecule has 32 heavy (non-hydrogen) atoms. The topological polar surface area (TPSA) is 93.5 Å². The van der Waals surface area contributed by atoms with Crippen LogP contribution in [0, 0.1) is 0 Å². The van der Waals surface area contributed by atoms with Crippen LogP contribution in [0.4, 0.5) is 0 Å². The summed E-state index contributed by atoms with van der Waals surface area (Å²) in [6.07, 6.45) is 0. The number of hydrogen-bond acceptors (Lipinski definition) is 5. The van der Waals surface area contributed by atoms with Gasteiger partial charge in [0.25, 0.3) is 5.91 Å². The van der Waals surface area contributed by atoms with E-state index in [1.165, 1.54) is 0 Å². The van der Waals surface area contributed by atoms with Gasteiger partial charge in [-0.2, -0.15) is 0 Å². The van der Waals surface area contributed by atoms with Gasteiger partial charge in [-0.25, -0.2) is 0 Å². The van der Waals surface area contributed by atoms with Gasteiger partial charge in [0.05, 0.1) is 12.5 Å². The van der Waals surface area contributed by atoms with Crippen molar-refractivity contribution in [2.24, 2.45) is 0 Å². The highest BCUT2D eigenvalue weighted by molar-refractivity contribution is 6.02. The lowest BCUT2D eigenvalue weighted by molar-refractivity contribution is -0.122. The number of amides is 2. The maximum Gasteiger partial charge on any atom is 0.251 e. The minimum Gasteiger partial charge on any atom is -0.496 e. The maximum atomic E-state index is 12.8. The lowest BCUT2D eigenvalue weighted by atomic mass is 10.1. The second-order valence-corrected chi connectivity index (χ2v) is 7.33. The molecular weight excluding hydrogens is 406 g/mol. The van der Waals surface area contributed by atoms with E-state index in [1.807, 2.05) is 54.6 Å². The first kappa shape index (κ1) is 21.1. The Hall–Kier alpha value is -4.13. The van der Waals surface area contributed by atoms with Crippen LogP contribution in [0.3, 0.4) is 0 Å². The van der Waals surface area contributed by atoms with Crippen LogP contribution in [0.15, 0.2) is 77.3 Å². The number of carbonyl (C=O) groups excluding carboxylic acids is 2. The van der Waals surface area contributed by atoms with E-state index in [4.69, 9.17) is 9.26 Å². The number of nitrogens with one attached hydrogen (secondary N) is 2. The minimum atomic E-state index is -0.719. The number of hydrogen-bond donors (Lipinski definition) is 2. The molecule has 4 aromatic rings. The van der Waals surface area contributed by atoms with Crippen molar-refractivity contribution < 1.29 is 18.8 Å². The van der Waals surface area contributed by atoms with Crippen LogP contribution in [-0.2, 0) is 11.3 Å². The molecule has 4 rings (SSSR count). The van der Waals surface area contributed by atoms with E-state index in [-0.39, 0.29) is 11.8 Å². The van der Waals surface area contributed by atoms with Crippen LogP contribution in [0.2, 0.25) is 0 Å². The van der Waals surface area contributed by atoms with Crippen molar-refractivity contribution in [3.05, 3.63) is 83.9 Å². The van der Waals surface area contributed by atoms with Gasteiger partial charge in [-0.05, 0) is 31.2 Å². The van der Waals surface area contributed by atoms with Gasteiger partial charge in [0, 0.05) is 23.2 Å². The van der Waals surface area contributed by atoms with E-state index in [9.17, 15) is 9.59 Å². The zero-order valence-electron chi connectivity index (χ0n) is 17.8. The molecule has 0 aliphatic carbocycles. The molecule has 3 aromatic carbocycles. The summed E-state index contributed by atoms with van der Waals surface area (Å²) in [6.45, 7) is 1.94. The molecule has 0 bridgehead atoms. The Morgan fingerprint density at radius 1 is 1.03 bits per heavy atom. The third kappa shape index (κ3) is 4.46. The fourth-order valence-corrected chi connectivity index (χ4v) is 3.41. The van der Waals surface area contributed by atoms with Crippen LogP contribution in [0.1, 0.15) is 22.8 Å². The zero-order chi connectivity index (χ0) is 22.5. The number of benzene rings is 3. The molecule has 1 atom stereocenters. The number of methoxy groups -OCH3 is 1. The van der Waals surface area contributed by atoms with Crippen LogP contribution in [0.25, 0.3) is 22.2 Å². The molecule has 2 N–H and O–H groups in total. The summed E-state index contributed by atoms with van der Waals surface area (Å²) >= 11 is 0. The Morgan fingerprint density at radius 2 is 1.78 bits per heavy atom. The number of rotatable bonds is 7. The fourth-order valence-electron chi connectivity index (χ4n) is 3.41. The quantitative estimate of drug-likeness (QED) is 0.464. The number of para-hydroxylation sites is 1. The van der Waals surface area contributed by atoms with Gasteiger partial charge in [-0.3, -0.25) is 9.59 Å². The molecule has 0 radical (unpaired) electrons. The predicted octanol–water partition coefficient (Wildman–Crippen LogP) is 3.94. The third-order valence-electron chi connectivity index (χ3n) is 5.16. The molecule has 7 heteroatoms. The maximum absolute atomic E-state index is 12.8. The molecule has 0 unspecified atom stereocenters. The third-order valence-corrected chi connectivity index (χ3v) is 5.16. The highest BCUT2D eigenvalue weighted by Crippen LogP contribution is 2.29. The summed E-state index contributed by atoms with van der Waals surface area (Å²) in [7, 11) is 1.58. The van der Waals surface area contributed by atoms with E-state index in [2.05, 4.69) is 15.8 Å².